The lowest BCUT2D eigenvalue weighted by Crippen LogP contribution is -2.26. The molecule has 2 aromatic carbocycles. The van der Waals surface area contributed by atoms with E-state index in [0.29, 0.717) is 12.0 Å². The Labute approximate surface area is 126 Å². The zero-order chi connectivity index (χ0) is 13.9. The Morgan fingerprint density at radius 2 is 1.85 bits per heavy atom. The standard InChI is InChI=1S/C18H20ClN/c1-20-18(14-9-11-15(19)12-10-14)17-8-4-6-13-5-2-3-7-16(13)17/h2-3,5,7,9-12,17-18,20H,4,6,8H2,1H3. The van der Waals surface area contributed by atoms with E-state index in [2.05, 4.69) is 48.8 Å². The molecular formula is C18H20ClN. The van der Waals surface area contributed by atoms with Crippen molar-refractivity contribution >= 4 is 11.6 Å². The summed E-state index contributed by atoms with van der Waals surface area (Å²) in [5.41, 5.74) is 4.34. The maximum Gasteiger partial charge on any atom is 0.0406 e. The second-order valence-electron chi connectivity index (χ2n) is 5.52. The molecule has 2 atom stereocenters. The lowest BCUT2D eigenvalue weighted by atomic mass is 9.77. The van der Waals surface area contributed by atoms with Crippen molar-refractivity contribution in [3.63, 3.8) is 0 Å². The Balaban J connectivity index is 1.96. The van der Waals surface area contributed by atoms with Gasteiger partial charge in [-0.3, -0.25) is 0 Å². The van der Waals surface area contributed by atoms with Crippen LogP contribution in [0.4, 0.5) is 0 Å². The lowest BCUT2D eigenvalue weighted by molar-refractivity contribution is 0.425. The average Bonchev–Trinajstić information content (AvgIpc) is 2.50. The van der Waals surface area contributed by atoms with Crippen molar-refractivity contribution in [2.45, 2.75) is 31.2 Å². The zero-order valence-electron chi connectivity index (χ0n) is 11.8. The SMILES string of the molecule is CNC(c1ccc(Cl)cc1)C1CCCc2ccccc21. The van der Waals surface area contributed by atoms with Crippen molar-refractivity contribution < 1.29 is 0 Å². The summed E-state index contributed by atoms with van der Waals surface area (Å²) in [6.45, 7) is 0. The van der Waals surface area contributed by atoms with E-state index in [1.54, 1.807) is 0 Å². The Hall–Kier alpha value is -1.31. The lowest BCUT2D eigenvalue weighted by Gasteiger charge is -2.32. The van der Waals surface area contributed by atoms with Crippen LogP contribution in [0.25, 0.3) is 0 Å². The highest BCUT2D eigenvalue weighted by molar-refractivity contribution is 6.30. The van der Waals surface area contributed by atoms with Crippen molar-refractivity contribution in [1.82, 2.24) is 5.32 Å². The molecule has 0 radical (unpaired) electrons. The number of hydrogen-bond acceptors (Lipinski definition) is 1. The van der Waals surface area contributed by atoms with Gasteiger partial charge >= 0.3 is 0 Å². The molecule has 2 heteroatoms. The highest BCUT2D eigenvalue weighted by Gasteiger charge is 2.27. The van der Waals surface area contributed by atoms with Crippen molar-refractivity contribution in [2.24, 2.45) is 0 Å². The summed E-state index contributed by atoms with van der Waals surface area (Å²) in [4.78, 5) is 0. The fourth-order valence-electron chi connectivity index (χ4n) is 3.41. The molecule has 0 aliphatic heterocycles. The molecule has 0 fully saturated rings. The minimum absolute atomic E-state index is 0.355. The second-order valence-corrected chi connectivity index (χ2v) is 5.95. The van der Waals surface area contributed by atoms with E-state index < -0.39 is 0 Å². The smallest absolute Gasteiger partial charge is 0.0406 e. The Bertz CT molecular complexity index is 576. The number of aryl methyl sites for hydroxylation is 1. The van der Waals surface area contributed by atoms with Crippen LogP contribution in [0.2, 0.25) is 5.02 Å². The maximum atomic E-state index is 6.01. The molecule has 0 bridgehead atoms. The van der Waals surface area contributed by atoms with Crippen molar-refractivity contribution in [1.29, 1.82) is 0 Å². The first-order valence-corrected chi connectivity index (χ1v) is 7.68. The molecule has 104 valence electrons. The zero-order valence-corrected chi connectivity index (χ0v) is 12.5. The minimum atomic E-state index is 0.355. The number of halogens is 1. The summed E-state index contributed by atoms with van der Waals surface area (Å²) in [5.74, 6) is 0.547. The summed E-state index contributed by atoms with van der Waals surface area (Å²) in [5, 5.41) is 4.30. The minimum Gasteiger partial charge on any atom is -0.312 e. The van der Waals surface area contributed by atoms with Crippen molar-refractivity contribution in [3.05, 3.63) is 70.2 Å². The van der Waals surface area contributed by atoms with Gasteiger partial charge < -0.3 is 5.32 Å². The van der Waals surface area contributed by atoms with E-state index in [9.17, 15) is 0 Å². The van der Waals surface area contributed by atoms with Gasteiger partial charge in [-0.05, 0) is 55.1 Å². The van der Waals surface area contributed by atoms with Gasteiger partial charge in [-0.15, -0.1) is 0 Å². The van der Waals surface area contributed by atoms with E-state index in [4.69, 9.17) is 11.6 Å². The quantitative estimate of drug-likeness (QED) is 0.860. The molecular weight excluding hydrogens is 266 g/mol. The second kappa shape index (κ2) is 5.99. The van der Waals surface area contributed by atoms with Crippen LogP contribution in [-0.2, 0) is 6.42 Å². The van der Waals surface area contributed by atoms with Gasteiger partial charge in [-0.1, -0.05) is 48.0 Å². The van der Waals surface area contributed by atoms with E-state index in [0.717, 1.165) is 5.02 Å². The average molecular weight is 286 g/mol. The van der Waals surface area contributed by atoms with Crippen LogP contribution >= 0.6 is 11.6 Å². The summed E-state index contributed by atoms with van der Waals surface area (Å²) in [6.07, 6.45) is 3.72. The number of rotatable bonds is 3. The number of likely N-dealkylation sites (N-methyl/N-ethyl adjacent to an activating group) is 1. The fourth-order valence-corrected chi connectivity index (χ4v) is 3.53. The molecule has 0 amide bonds. The first-order valence-electron chi connectivity index (χ1n) is 7.30. The van der Waals surface area contributed by atoms with Gasteiger partial charge in [0.15, 0.2) is 0 Å². The molecule has 0 aromatic heterocycles. The van der Waals surface area contributed by atoms with Gasteiger partial charge in [0.1, 0.15) is 0 Å². The third kappa shape index (κ3) is 2.61. The molecule has 1 aliphatic carbocycles. The Morgan fingerprint density at radius 1 is 1.10 bits per heavy atom. The Morgan fingerprint density at radius 3 is 2.60 bits per heavy atom. The molecule has 0 heterocycles. The van der Waals surface area contributed by atoms with Crippen LogP contribution in [0.1, 0.15) is 41.5 Å². The van der Waals surface area contributed by atoms with Crippen LogP contribution in [0.5, 0.6) is 0 Å². The van der Waals surface area contributed by atoms with Gasteiger partial charge in [0.2, 0.25) is 0 Å². The fraction of sp³-hybridized carbons (Fsp3) is 0.333. The summed E-state index contributed by atoms with van der Waals surface area (Å²) in [7, 11) is 2.05. The van der Waals surface area contributed by atoms with Crippen LogP contribution < -0.4 is 5.32 Å². The summed E-state index contributed by atoms with van der Waals surface area (Å²) >= 11 is 6.01. The van der Waals surface area contributed by atoms with E-state index >= 15 is 0 Å². The molecule has 3 rings (SSSR count). The number of hydrogen-bond donors (Lipinski definition) is 1. The largest absolute Gasteiger partial charge is 0.312 e. The van der Waals surface area contributed by atoms with E-state index in [1.807, 2.05) is 12.1 Å². The molecule has 20 heavy (non-hydrogen) atoms. The van der Waals surface area contributed by atoms with E-state index in [-0.39, 0.29) is 0 Å². The number of benzene rings is 2. The van der Waals surface area contributed by atoms with Crippen LogP contribution in [0.3, 0.4) is 0 Å². The van der Waals surface area contributed by atoms with Crippen LogP contribution in [0.15, 0.2) is 48.5 Å². The molecule has 0 spiro atoms. The summed E-state index contributed by atoms with van der Waals surface area (Å²) < 4.78 is 0. The van der Waals surface area contributed by atoms with Crippen LogP contribution in [0, 0.1) is 0 Å². The van der Waals surface area contributed by atoms with E-state index in [1.165, 1.54) is 36.0 Å². The van der Waals surface area contributed by atoms with Gasteiger partial charge in [0.05, 0.1) is 0 Å². The first kappa shape index (κ1) is 13.7. The predicted octanol–water partition coefficient (Wildman–Crippen LogP) is 4.72. The normalized spacial score (nSPS) is 19.4. The third-order valence-corrected chi connectivity index (χ3v) is 4.61. The van der Waals surface area contributed by atoms with Crippen LogP contribution in [-0.4, -0.2) is 7.05 Å². The Kier molecular flexibility index (Phi) is 4.09. The summed E-state index contributed by atoms with van der Waals surface area (Å²) in [6, 6.07) is 17.5. The highest BCUT2D eigenvalue weighted by Crippen LogP contribution is 2.40. The van der Waals surface area contributed by atoms with Gasteiger partial charge in [0.25, 0.3) is 0 Å². The molecule has 1 aliphatic rings. The number of nitrogens with one attached hydrogen (secondary N) is 1. The van der Waals surface area contributed by atoms with Crippen molar-refractivity contribution in [3.8, 4) is 0 Å². The van der Waals surface area contributed by atoms with Crippen molar-refractivity contribution in [2.75, 3.05) is 7.05 Å². The topological polar surface area (TPSA) is 12.0 Å². The molecule has 0 saturated heterocycles. The third-order valence-electron chi connectivity index (χ3n) is 4.36. The van der Waals surface area contributed by atoms with Gasteiger partial charge in [-0.25, -0.2) is 0 Å². The van der Waals surface area contributed by atoms with Gasteiger partial charge in [-0.2, -0.15) is 0 Å². The highest BCUT2D eigenvalue weighted by atomic mass is 35.5. The monoisotopic (exact) mass is 285 g/mol. The molecule has 1 nitrogen and oxygen atoms in total. The first-order chi connectivity index (χ1) is 9.79. The molecule has 0 saturated carbocycles. The maximum absolute atomic E-state index is 6.01. The molecule has 2 aromatic rings. The number of fused-ring (bicyclic) bond motifs is 1. The molecule has 2 unspecified atom stereocenters. The van der Waals surface area contributed by atoms with Gasteiger partial charge in [0, 0.05) is 17.0 Å². The predicted molar refractivity (Wildman–Crippen MR) is 85.4 cm³/mol. The molecule has 1 N–H and O–H groups in total.